The maximum absolute atomic E-state index is 10.8. The van der Waals surface area contributed by atoms with Gasteiger partial charge in [0.2, 0.25) is 5.88 Å². The van der Waals surface area contributed by atoms with E-state index in [-0.39, 0.29) is 5.57 Å². The molecule has 2 rings (SSSR count). The number of aryl methyl sites for hydroxylation is 1. The number of aliphatic carboxylic acids is 1. The molecule has 0 aliphatic carbocycles. The molecule has 20 heavy (non-hydrogen) atoms. The summed E-state index contributed by atoms with van der Waals surface area (Å²) in [4.78, 5) is 19.3. The molecule has 2 aromatic heterocycles. The van der Waals surface area contributed by atoms with E-state index in [0.717, 1.165) is 11.4 Å². The summed E-state index contributed by atoms with van der Waals surface area (Å²) in [6.07, 6.45) is 5.03. The average molecular weight is 273 g/mol. The van der Waals surface area contributed by atoms with Gasteiger partial charge in [0, 0.05) is 11.8 Å². The summed E-state index contributed by atoms with van der Waals surface area (Å²) in [5.74, 6) is -0.561. The van der Waals surface area contributed by atoms with E-state index in [1.807, 2.05) is 19.2 Å². The largest absolute Gasteiger partial charge is 0.479 e. The first-order valence-corrected chi connectivity index (χ1v) is 5.99. The smallest absolute Gasteiger partial charge is 0.331 e. The molecule has 0 spiro atoms. The zero-order valence-electron chi connectivity index (χ0n) is 11.5. The van der Waals surface area contributed by atoms with Gasteiger partial charge in [-0.15, -0.1) is 0 Å². The van der Waals surface area contributed by atoms with E-state index < -0.39 is 5.97 Å². The SMILES string of the molecule is COc1nc(/C=C(\C)C(=O)O)ccc1-n1cnc(C)c1. The standard InChI is InChI=1S/C14H15N3O3/c1-9(14(18)19)6-11-4-5-12(13(16-11)20-3)17-7-10(2)15-8-17/h4-8H,1-3H3,(H,18,19)/b9-6+. The summed E-state index contributed by atoms with van der Waals surface area (Å²) in [5, 5.41) is 8.87. The number of hydrogen-bond acceptors (Lipinski definition) is 4. The van der Waals surface area contributed by atoms with E-state index >= 15 is 0 Å². The monoisotopic (exact) mass is 273 g/mol. The topological polar surface area (TPSA) is 77.2 Å². The van der Waals surface area contributed by atoms with Crippen molar-refractivity contribution in [3.63, 3.8) is 0 Å². The fourth-order valence-corrected chi connectivity index (χ4v) is 1.71. The van der Waals surface area contributed by atoms with Crippen molar-refractivity contribution in [1.82, 2.24) is 14.5 Å². The molecule has 2 heterocycles. The van der Waals surface area contributed by atoms with Crippen LogP contribution in [0.1, 0.15) is 18.3 Å². The van der Waals surface area contributed by atoms with Crippen molar-refractivity contribution in [3.8, 4) is 11.6 Å². The van der Waals surface area contributed by atoms with E-state index in [4.69, 9.17) is 9.84 Å². The van der Waals surface area contributed by atoms with E-state index in [2.05, 4.69) is 9.97 Å². The molecule has 0 saturated heterocycles. The van der Waals surface area contributed by atoms with Gasteiger partial charge in [-0.1, -0.05) is 0 Å². The van der Waals surface area contributed by atoms with Crippen molar-refractivity contribution in [2.24, 2.45) is 0 Å². The molecule has 2 aromatic rings. The van der Waals surface area contributed by atoms with Gasteiger partial charge in [0.25, 0.3) is 0 Å². The number of pyridine rings is 1. The van der Waals surface area contributed by atoms with Crippen LogP contribution >= 0.6 is 0 Å². The van der Waals surface area contributed by atoms with Gasteiger partial charge in [-0.2, -0.15) is 0 Å². The first-order chi connectivity index (χ1) is 9.51. The molecule has 104 valence electrons. The van der Waals surface area contributed by atoms with Crippen LogP contribution in [-0.4, -0.2) is 32.7 Å². The highest BCUT2D eigenvalue weighted by atomic mass is 16.5. The van der Waals surface area contributed by atoms with Crippen LogP contribution in [0.3, 0.4) is 0 Å². The summed E-state index contributed by atoms with van der Waals surface area (Å²) in [5.41, 5.74) is 2.38. The lowest BCUT2D eigenvalue weighted by molar-refractivity contribution is -0.132. The first kappa shape index (κ1) is 13.8. The van der Waals surface area contributed by atoms with Crippen molar-refractivity contribution in [2.45, 2.75) is 13.8 Å². The van der Waals surface area contributed by atoms with Gasteiger partial charge in [-0.3, -0.25) is 0 Å². The maximum Gasteiger partial charge on any atom is 0.331 e. The summed E-state index contributed by atoms with van der Waals surface area (Å²) in [7, 11) is 1.52. The van der Waals surface area contributed by atoms with Crippen molar-refractivity contribution in [1.29, 1.82) is 0 Å². The molecule has 6 nitrogen and oxygen atoms in total. The van der Waals surface area contributed by atoms with Gasteiger partial charge in [0.1, 0.15) is 5.69 Å². The van der Waals surface area contributed by atoms with E-state index in [0.29, 0.717) is 11.6 Å². The number of methoxy groups -OCH3 is 1. The quantitative estimate of drug-likeness (QED) is 0.863. The lowest BCUT2D eigenvalue weighted by Gasteiger charge is -2.08. The minimum Gasteiger partial charge on any atom is -0.479 e. The molecule has 0 saturated carbocycles. The van der Waals surface area contributed by atoms with Gasteiger partial charge in [-0.25, -0.2) is 14.8 Å². The number of carboxylic acids is 1. The first-order valence-electron chi connectivity index (χ1n) is 5.99. The van der Waals surface area contributed by atoms with Gasteiger partial charge < -0.3 is 14.4 Å². The molecule has 0 aromatic carbocycles. The summed E-state index contributed by atoms with van der Waals surface area (Å²) in [6.45, 7) is 3.41. The Morgan fingerprint density at radius 1 is 1.45 bits per heavy atom. The van der Waals surface area contributed by atoms with E-state index in [9.17, 15) is 4.79 Å². The summed E-state index contributed by atoms with van der Waals surface area (Å²) < 4.78 is 7.06. The number of hydrogen-bond donors (Lipinski definition) is 1. The van der Waals surface area contributed by atoms with Crippen LogP contribution < -0.4 is 4.74 Å². The molecular weight excluding hydrogens is 258 g/mol. The Morgan fingerprint density at radius 3 is 2.75 bits per heavy atom. The molecule has 0 bridgehead atoms. The van der Waals surface area contributed by atoms with Gasteiger partial charge in [-0.05, 0) is 32.1 Å². The van der Waals surface area contributed by atoms with Crippen LogP contribution in [0.15, 0.2) is 30.2 Å². The normalized spacial score (nSPS) is 11.4. The van der Waals surface area contributed by atoms with Crippen molar-refractivity contribution in [2.75, 3.05) is 7.11 Å². The highest BCUT2D eigenvalue weighted by Crippen LogP contribution is 2.21. The minimum atomic E-state index is -0.972. The molecule has 0 amide bonds. The number of imidazole rings is 1. The zero-order valence-corrected chi connectivity index (χ0v) is 11.5. The third kappa shape index (κ3) is 2.85. The number of rotatable bonds is 4. The Bertz CT molecular complexity index is 674. The second kappa shape index (κ2) is 5.56. The molecule has 0 radical (unpaired) electrons. The van der Waals surface area contributed by atoms with E-state index in [1.54, 1.807) is 17.0 Å². The molecule has 6 heteroatoms. The highest BCUT2D eigenvalue weighted by molar-refractivity contribution is 5.91. The Kier molecular flexibility index (Phi) is 3.84. The number of carboxylic acid groups (broad SMARTS) is 1. The van der Waals surface area contributed by atoms with E-state index in [1.165, 1.54) is 20.1 Å². The number of nitrogens with zero attached hydrogens (tertiary/aromatic N) is 3. The van der Waals surface area contributed by atoms with Crippen LogP contribution in [0, 0.1) is 6.92 Å². The van der Waals surface area contributed by atoms with Crippen molar-refractivity contribution in [3.05, 3.63) is 41.6 Å². The van der Waals surface area contributed by atoms with Gasteiger partial charge in [0.15, 0.2) is 0 Å². The van der Waals surface area contributed by atoms with Crippen LogP contribution in [-0.2, 0) is 4.79 Å². The molecule has 0 atom stereocenters. The number of aromatic nitrogens is 3. The highest BCUT2D eigenvalue weighted by Gasteiger charge is 2.09. The maximum atomic E-state index is 10.8. The number of carbonyl (C=O) groups is 1. The zero-order chi connectivity index (χ0) is 14.7. The van der Waals surface area contributed by atoms with Gasteiger partial charge >= 0.3 is 5.97 Å². The molecule has 0 aliphatic heterocycles. The van der Waals surface area contributed by atoms with Crippen LogP contribution in [0.25, 0.3) is 11.8 Å². The Hall–Kier alpha value is -2.63. The minimum absolute atomic E-state index is 0.214. The van der Waals surface area contributed by atoms with Crippen LogP contribution in [0.4, 0.5) is 0 Å². The fraction of sp³-hybridized carbons (Fsp3) is 0.214. The fourth-order valence-electron chi connectivity index (χ4n) is 1.71. The van der Waals surface area contributed by atoms with Crippen molar-refractivity contribution >= 4 is 12.0 Å². The Morgan fingerprint density at radius 2 is 2.20 bits per heavy atom. The predicted molar refractivity (Wildman–Crippen MR) is 73.9 cm³/mol. The van der Waals surface area contributed by atoms with Gasteiger partial charge in [0.05, 0.1) is 24.8 Å². The molecule has 0 aliphatic rings. The molecular formula is C14H15N3O3. The molecule has 0 unspecified atom stereocenters. The second-order valence-electron chi connectivity index (χ2n) is 4.32. The third-order valence-electron chi connectivity index (χ3n) is 2.75. The van der Waals surface area contributed by atoms with Crippen molar-refractivity contribution < 1.29 is 14.6 Å². The van der Waals surface area contributed by atoms with Crippen LogP contribution in [0.5, 0.6) is 5.88 Å². The molecule has 0 fully saturated rings. The Labute approximate surface area is 116 Å². The average Bonchev–Trinajstić information content (AvgIpc) is 2.84. The predicted octanol–water partition coefficient (Wildman–Crippen LogP) is 2.07. The summed E-state index contributed by atoms with van der Waals surface area (Å²) in [6, 6.07) is 3.55. The lowest BCUT2D eigenvalue weighted by Crippen LogP contribution is -2.00. The molecule has 1 N–H and O–H groups in total. The van der Waals surface area contributed by atoms with Crippen LogP contribution in [0.2, 0.25) is 0 Å². The number of ether oxygens (including phenoxy) is 1. The Balaban J connectivity index is 2.43. The third-order valence-corrected chi connectivity index (χ3v) is 2.75. The second-order valence-corrected chi connectivity index (χ2v) is 4.32. The lowest BCUT2D eigenvalue weighted by atomic mass is 10.2. The summed E-state index contributed by atoms with van der Waals surface area (Å²) >= 11 is 0.